The molecule has 4 aliphatic rings. The zero-order valence-electron chi connectivity index (χ0n) is 16.7. The Kier molecular flexibility index (Phi) is 6.00. The number of carbonyl (C=O) groups excluding carboxylic acids is 2. The fourth-order valence-electron chi connectivity index (χ4n) is 5.81. The molecule has 5 rings (SSSR count). The van der Waals surface area contributed by atoms with Crippen LogP contribution in [0.25, 0.3) is 0 Å². The van der Waals surface area contributed by atoms with Crippen molar-refractivity contribution in [2.24, 2.45) is 17.8 Å². The van der Waals surface area contributed by atoms with Gasteiger partial charge in [-0.15, -0.1) is 5.10 Å². The molecule has 160 valence electrons. The third-order valence-electron chi connectivity index (χ3n) is 6.46. The first-order valence-corrected chi connectivity index (χ1v) is 11.3. The SMILES string of the molecule is COCCCn1c(SCC(=O)NC(=O)NC23CC4CC(CC(C4)C2)C3)n[nH]c1=O. The zero-order chi connectivity index (χ0) is 20.4. The van der Waals surface area contributed by atoms with Gasteiger partial charge < -0.3 is 10.1 Å². The number of urea groups is 1. The Bertz CT molecular complexity index is 784. The quantitative estimate of drug-likeness (QED) is 0.431. The number of H-pyrrole nitrogens is 1. The van der Waals surface area contributed by atoms with Gasteiger partial charge in [0.15, 0.2) is 5.16 Å². The van der Waals surface area contributed by atoms with E-state index in [2.05, 4.69) is 20.8 Å². The van der Waals surface area contributed by atoms with E-state index in [0.717, 1.165) is 48.8 Å². The van der Waals surface area contributed by atoms with Gasteiger partial charge in [-0.3, -0.25) is 14.7 Å². The fraction of sp³-hybridized carbons (Fsp3) is 0.789. The molecular formula is C19H29N5O4S. The number of carbonyl (C=O) groups is 2. The van der Waals surface area contributed by atoms with Crippen LogP contribution in [0.5, 0.6) is 0 Å². The summed E-state index contributed by atoms with van der Waals surface area (Å²) in [5.41, 5.74) is -0.445. The smallest absolute Gasteiger partial charge is 0.343 e. The van der Waals surface area contributed by atoms with E-state index < -0.39 is 11.9 Å². The van der Waals surface area contributed by atoms with Crippen LogP contribution in [0.4, 0.5) is 4.79 Å². The molecule has 0 radical (unpaired) electrons. The molecule has 0 atom stereocenters. The minimum atomic E-state index is -0.405. The average Bonchev–Trinajstić information content (AvgIpc) is 2.98. The van der Waals surface area contributed by atoms with Gasteiger partial charge in [-0.2, -0.15) is 0 Å². The molecule has 0 unspecified atom stereocenters. The van der Waals surface area contributed by atoms with Crippen molar-refractivity contribution in [3.63, 3.8) is 0 Å². The second kappa shape index (κ2) is 8.51. The van der Waals surface area contributed by atoms with E-state index >= 15 is 0 Å². The first kappa shape index (κ1) is 20.5. The Morgan fingerprint density at radius 2 is 1.90 bits per heavy atom. The summed E-state index contributed by atoms with van der Waals surface area (Å²) >= 11 is 1.13. The maximum Gasteiger partial charge on any atom is 0.343 e. The van der Waals surface area contributed by atoms with Crippen molar-refractivity contribution in [1.82, 2.24) is 25.4 Å². The largest absolute Gasteiger partial charge is 0.385 e. The predicted molar refractivity (Wildman–Crippen MR) is 108 cm³/mol. The average molecular weight is 424 g/mol. The van der Waals surface area contributed by atoms with E-state index in [1.54, 1.807) is 7.11 Å². The number of amides is 3. The van der Waals surface area contributed by atoms with Gasteiger partial charge in [0, 0.05) is 25.8 Å². The third-order valence-corrected chi connectivity index (χ3v) is 7.43. The number of nitrogens with one attached hydrogen (secondary N) is 3. The lowest BCUT2D eigenvalue weighted by Crippen LogP contribution is -2.61. The van der Waals surface area contributed by atoms with Crippen LogP contribution in [-0.4, -0.2) is 51.7 Å². The number of aromatic amines is 1. The Hall–Kier alpha value is -1.81. The number of nitrogens with zero attached hydrogens (tertiary/aromatic N) is 2. The van der Waals surface area contributed by atoms with Crippen molar-refractivity contribution in [2.45, 2.75) is 62.2 Å². The predicted octanol–water partition coefficient (Wildman–Crippen LogP) is 1.49. The van der Waals surface area contributed by atoms with Crippen molar-refractivity contribution >= 4 is 23.7 Å². The van der Waals surface area contributed by atoms with Crippen LogP contribution in [0.2, 0.25) is 0 Å². The highest BCUT2D eigenvalue weighted by Gasteiger charge is 2.51. The van der Waals surface area contributed by atoms with Gasteiger partial charge >= 0.3 is 11.7 Å². The lowest BCUT2D eigenvalue weighted by atomic mass is 9.53. The molecule has 10 heteroatoms. The zero-order valence-corrected chi connectivity index (χ0v) is 17.6. The molecule has 0 aromatic carbocycles. The number of hydrogen-bond acceptors (Lipinski definition) is 6. The van der Waals surface area contributed by atoms with Gasteiger partial charge in [0.2, 0.25) is 5.91 Å². The highest BCUT2D eigenvalue weighted by molar-refractivity contribution is 7.99. The summed E-state index contributed by atoms with van der Waals surface area (Å²) in [7, 11) is 1.60. The summed E-state index contributed by atoms with van der Waals surface area (Å²) in [6.45, 7) is 0.992. The topological polar surface area (TPSA) is 118 Å². The Morgan fingerprint density at radius 3 is 2.52 bits per heavy atom. The van der Waals surface area contributed by atoms with Crippen LogP contribution in [0.3, 0.4) is 0 Å². The molecule has 9 nitrogen and oxygen atoms in total. The van der Waals surface area contributed by atoms with E-state index in [0.29, 0.717) is 24.7 Å². The molecule has 0 spiro atoms. The molecule has 0 aliphatic heterocycles. The summed E-state index contributed by atoms with van der Waals surface area (Å²) in [6.07, 6.45) is 7.68. The highest BCUT2D eigenvalue weighted by atomic mass is 32.2. The lowest BCUT2D eigenvalue weighted by Gasteiger charge is -2.56. The molecule has 3 amide bonds. The molecule has 4 saturated carbocycles. The van der Waals surface area contributed by atoms with Gasteiger partial charge in [0.25, 0.3) is 0 Å². The van der Waals surface area contributed by atoms with Gasteiger partial charge in [-0.25, -0.2) is 14.7 Å². The van der Waals surface area contributed by atoms with E-state index in [9.17, 15) is 14.4 Å². The highest BCUT2D eigenvalue weighted by Crippen LogP contribution is 2.55. The number of imide groups is 1. The minimum Gasteiger partial charge on any atom is -0.385 e. The van der Waals surface area contributed by atoms with Crippen LogP contribution >= 0.6 is 11.8 Å². The monoisotopic (exact) mass is 423 g/mol. The number of hydrogen-bond donors (Lipinski definition) is 3. The second-order valence-corrected chi connectivity index (χ2v) is 9.74. The van der Waals surface area contributed by atoms with Crippen molar-refractivity contribution in [3.05, 3.63) is 10.5 Å². The first-order valence-electron chi connectivity index (χ1n) is 10.4. The molecule has 0 saturated heterocycles. The summed E-state index contributed by atoms with van der Waals surface area (Å²) in [5, 5.41) is 12.4. The van der Waals surface area contributed by atoms with E-state index in [-0.39, 0.29) is 17.0 Å². The number of thioether (sulfide) groups is 1. The van der Waals surface area contributed by atoms with E-state index in [1.807, 2.05) is 0 Å². The molecule has 4 fully saturated rings. The third kappa shape index (κ3) is 4.69. The van der Waals surface area contributed by atoms with Crippen molar-refractivity contribution in [3.8, 4) is 0 Å². The van der Waals surface area contributed by atoms with Gasteiger partial charge in [0.1, 0.15) is 0 Å². The van der Waals surface area contributed by atoms with Gasteiger partial charge in [0.05, 0.1) is 5.75 Å². The number of ether oxygens (including phenoxy) is 1. The van der Waals surface area contributed by atoms with E-state index in [1.165, 1.54) is 23.8 Å². The number of methoxy groups -OCH3 is 1. The Labute approximate surface area is 173 Å². The fourth-order valence-corrected chi connectivity index (χ4v) is 6.58. The van der Waals surface area contributed by atoms with Crippen LogP contribution in [0.15, 0.2) is 9.95 Å². The molecule has 29 heavy (non-hydrogen) atoms. The van der Waals surface area contributed by atoms with Crippen LogP contribution in [0, 0.1) is 17.8 Å². The maximum atomic E-state index is 12.5. The molecule has 4 aliphatic carbocycles. The Balaban J connectivity index is 1.26. The minimum absolute atomic E-state index is 0.0167. The normalized spacial score (nSPS) is 29.8. The summed E-state index contributed by atoms with van der Waals surface area (Å²) in [6, 6.07) is -0.405. The van der Waals surface area contributed by atoms with Gasteiger partial charge in [-0.1, -0.05) is 11.8 Å². The van der Waals surface area contributed by atoms with Crippen LogP contribution in [-0.2, 0) is 16.1 Å². The van der Waals surface area contributed by atoms with Gasteiger partial charge in [-0.05, 0) is 62.7 Å². The first-order chi connectivity index (χ1) is 14.0. The van der Waals surface area contributed by atoms with Crippen molar-refractivity contribution in [2.75, 3.05) is 19.5 Å². The van der Waals surface area contributed by atoms with E-state index in [4.69, 9.17) is 4.74 Å². The standard InChI is InChI=1S/C19H29N5O4S/c1-28-4-2-3-24-17(27)22-23-18(24)29-11-15(25)20-16(26)21-19-8-12-5-13(9-19)7-14(6-12)10-19/h12-14H,2-11H2,1H3,(H,22,27)(H2,20,21,25,26). The maximum absolute atomic E-state index is 12.5. The molecule has 4 bridgehead atoms. The summed E-state index contributed by atoms with van der Waals surface area (Å²) in [5.74, 6) is 1.80. The molecule has 1 aromatic rings. The van der Waals surface area contributed by atoms with Crippen molar-refractivity contribution < 1.29 is 14.3 Å². The summed E-state index contributed by atoms with van der Waals surface area (Å²) < 4.78 is 6.48. The Morgan fingerprint density at radius 1 is 1.24 bits per heavy atom. The van der Waals surface area contributed by atoms with Crippen molar-refractivity contribution in [1.29, 1.82) is 0 Å². The number of rotatable bonds is 8. The molecule has 1 heterocycles. The molecule has 1 aromatic heterocycles. The second-order valence-electron chi connectivity index (χ2n) is 8.80. The van der Waals surface area contributed by atoms with Crippen LogP contribution < -0.4 is 16.3 Å². The molecular weight excluding hydrogens is 394 g/mol. The van der Waals surface area contributed by atoms with Crippen LogP contribution in [0.1, 0.15) is 44.9 Å². The number of aromatic nitrogens is 3. The molecule has 3 N–H and O–H groups in total. The summed E-state index contributed by atoms with van der Waals surface area (Å²) in [4.78, 5) is 36.5. The lowest BCUT2D eigenvalue weighted by molar-refractivity contribution is -0.117.